The Labute approximate surface area is 446 Å². The van der Waals surface area contributed by atoms with Crippen LogP contribution in [0.5, 0.6) is 0 Å². The van der Waals surface area contributed by atoms with Crippen LogP contribution in [0.2, 0.25) is 0 Å². The Balaban J connectivity index is 4.15. The van der Waals surface area contributed by atoms with Crippen molar-refractivity contribution in [1.82, 2.24) is 0 Å². The molecule has 1 N–H and O–H groups in total. The molecule has 0 aliphatic carbocycles. The van der Waals surface area contributed by atoms with Crippen LogP contribution in [0.3, 0.4) is 0 Å². The van der Waals surface area contributed by atoms with E-state index in [-0.39, 0.29) is 38.2 Å². The Hall–Kier alpha value is -1.97. The largest absolute Gasteiger partial charge is 0.477 e. The molecule has 0 aromatic carbocycles. The van der Waals surface area contributed by atoms with Gasteiger partial charge in [0.05, 0.1) is 34.4 Å². The van der Waals surface area contributed by atoms with E-state index in [0.29, 0.717) is 17.4 Å². The highest BCUT2D eigenvalue weighted by Gasteiger charge is 2.25. The molecule has 0 aliphatic rings. The van der Waals surface area contributed by atoms with Crippen LogP contribution in [0.15, 0.2) is 12.2 Å². The van der Waals surface area contributed by atoms with Gasteiger partial charge in [0.15, 0.2) is 6.10 Å². The van der Waals surface area contributed by atoms with Crippen LogP contribution in [-0.4, -0.2) is 87.4 Å². The molecular formula is C63H122NO8+. The van der Waals surface area contributed by atoms with Crippen molar-refractivity contribution in [1.29, 1.82) is 0 Å². The average molecular weight is 1020 g/mol. The van der Waals surface area contributed by atoms with Crippen molar-refractivity contribution in [3.8, 4) is 0 Å². The van der Waals surface area contributed by atoms with Gasteiger partial charge in [0.1, 0.15) is 13.2 Å². The zero-order chi connectivity index (χ0) is 52.7. The fourth-order valence-corrected chi connectivity index (χ4v) is 9.42. The van der Waals surface area contributed by atoms with Crippen LogP contribution in [0.4, 0.5) is 0 Å². The van der Waals surface area contributed by atoms with E-state index >= 15 is 0 Å². The molecule has 0 amide bonds. The summed E-state index contributed by atoms with van der Waals surface area (Å²) >= 11 is 0. The Kier molecular flexibility index (Phi) is 53.8. The summed E-state index contributed by atoms with van der Waals surface area (Å²) in [6, 6.07) is 0. The molecule has 426 valence electrons. The number of carbonyl (C=O) groups is 3. The summed E-state index contributed by atoms with van der Waals surface area (Å²) in [6.07, 6.45) is 61.6. The molecule has 0 saturated carbocycles. The number of unbranched alkanes of at least 4 members (excludes halogenated alkanes) is 42. The number of aliphatic carboxylic acids is 1. The van der Waals surface area contributed by atoms with E-state index in [1.54, 1.807) is 0 Å². The summed E-state index contributed by atoms with van der Waals surface area (Å²) in [5.41, 5.74) is 0. The van der Waals surface area contributed by atoms with Gasteiger partial charge in [0, 0.05) is 12.8 Å². The lowest BCUT2D eigenvalue weighted by Gasteiger charge is -2.25. The lowest BCUT2D eigenvalue weighted by molar-refractivity contribution is -0.870. The Morgan fingerprint density at radius 2 is 0.708 bits per heavy atom. The smallest absolute Gasteiger partial charge is 0.361 e. The first kappa shape index (κ1) is 70.0. The van der Waals surface area contributed by atoms with Crippen molar-refractivity contribution < 1.29 is 42.9 Å². The molecule has 0 aromatic heterocycles. The first-order valence-corrected chi connectivity index (χ1v) is 31.4. The quantitative estimate of drug-likeness (QED) is 0.0211. The number of carboxylic acid groups (broad SMARTS) is 1. The third-order valence-electron chi connectivity index (χ3n) is 14.3. The highest BCUT2D eigenvalue weighted by atomic mass is 16.7. The molecule has 2 atom stereocenters. The van der Waals surface area contributed by atoms with Gasteiger partial charge >= 0.3 is 17.9 Å². The summed E-state index contributed by atoms with van der Waals surface area (Å²) in [6.45, 7) is 4.95. The topological polar surface area (TPSA) is 108 Å². The molecule has 2 unspecified atom stereocenters. The Morgan fingerprint density at radius 1 is 0.403 bits per heavy atom. The molecule has 0 aliphatic heterocycles. The number of carbonyl (C=O) groups excluding carboxylic acids is 2. The number of hydrogen-bond donors (Lipinski definition) is 1. The maximum absolute atomic E-state index is 12.9. The third-order valence-corrected chi connectivity index (χ3v) is 14.3. The predicted molar refractivity (Wildman–Crippen MR) is 305 cm³/mol. The summed E-state index contributed by atoms with van der Waals surface area (Å²) in [4.78, 5) is 37.5. The fourth-order valence-electron chi connectivity index (χ4n) is 9.42. The molecule has 0 rings (SSSR count). The number of carboxylic acids is 1. The van der Waals surface area contributed by atoms with E-state index in [1.807, 2.05) is 21.1 Å². The van der Waals surface area contributed by atoms with Crippen molar-refractivity contribution in [3.05, 3.63) is 12.2 Å². The second-order valence-electron chi connectivity index (χ2n) is 22.7. The van der Waals surface area contributed by atoms with Gasteiger partial charge in [-0.1, -0.05) is 276 Å². The van der Waals surface area contributed by atoms with Crippen LogP contribution >= 0.6 is 0 Å². The van der Waals surface area contributed by atoms with E-state index in [1.165, 1.54) is 250 Å². The van der Waals surface area contributed by atoms with Gasteiger partial charge in [-0.3, -0.25) is 9.59 Å². The minimum absolute atomic E-state index is 0.174. The molecule has 0 aromatic rings. The molecule has 0 fully saturated rings. The van der Waals surface area contributed by atoms with Gasteiger partial charge in [-0.2, -0.15) is 0 Å². The van der Waals surface area contributed by atoms with Gasteiger partial charge in [0.25, 0.3) is 6.29 Å². The molecule has 9 heteroatoms. The SMILES string of the molecule is CCCCCCCCCC/C=C\CCCCCCCCCCCCCCCC(=O)OC(COC(=O)CCCCCCCCCCCCCCCCCCCCCCCC)COC(OCC[N+](C)(C)C)C(=O)O. The lowest BCUT2D eigenvalue weighted by Crippen LogP contribution is -2.40. The maximum atomic E-state index is 12.9. The zero-order valence-corrected chi connectivity index (χ0v) is 48.6. The maximum Gasteiger partial charge on any atom is 0.361 e. The van der Waals surface area contributed by atoms with Gasteiger partial charge < -0.3 is 28.5 Å². The first-order chi connectivity index (χ1) is 35.1. The van der Waals surface area contributed by atoms with E-state index in [2.05, 4.69) is 26.0 Å². The number of esters is 2. The molecule has 0 spiro atoms. The minimum atomic E-state index is -1.51. The number of rotatable bonds is 59. The summed E-state index contributed by atoms with van der Waals surface area (Å²) in [5, 5.41) is 9.72. The number of quaternary nitrogens is 1. The van der Waals surface area contributed by atoms with E-state index in [0.717, 1.165) is 38.5 Å². The second kappa shape index (κ2) is 55.3. The third kappa shape index (κ3) is 55.8. The highest BCUT2D eigenvalue weighted by Crippen LogP contribution is 2.18. The summed E-state index contributed by atoms with van der Waals surface area (Å²) in [5.74, 6) is -1.98. The predicted octanol–water partition coefficient (Wildman–Crippen LogP) is 18.5. The van der Waals surface area contributed by atoms with Crippen molar-refractivity contribution >= 4 is 17.9 Å². The van der Waals surface area contributed by atoms with Crippen LogP contribution in [-0.2, 0) is 33.3 Å². The molecular weight excluding hydrogens is 899 g/mol. The average Bonchev–Trinajstić information content (AvgIpc) is 3.35. The normalized spacial score (nSPS) is 12.7. The molecule has 72 heavy (non-hydrogen) atoms. The van der Waals surface area contributed by atoms with Crippen molar-refractivity contribution in [2.45, 2.75) is 328 Å². The summed E-state index contributed by atoms with van der Waals surface area (Å²) < 4.78 is 22.9. The van der Waals surface area contributed by atoms with Crippen molar-refractivity contribution in [3.63, 3.8) is 0 Å². The Bertz CT molecular complexity index is 1190. The van der Waals surface area contributed by atoms with E-state index < -0.39 is 18.4 Å². The molecule has 0 bridgehead atoms. The van der Waals surface area contributed by atoms with Gasteiger partial charge in [-0.15, -0.1) is 0 Å². The number of likely N-dealkylation sites (N-methyl/N-ethyl adjacent to an activating group) is 1. The zero-order valence-electron chi connectivity index (χ0n) is 48.6. The van der Waals surface area contributed by atoms with Gasteiger partial charge in [-0.25, -0.2) is 4.79 Å². The van der Waals surface area contributed by atoms with Crippen LogP contribution in [0, 0.1) is 0 Å². The highest BCUT2D eigenvalue weighted by molar-refractivity contribution is 5.71. The molecule has 0 saturated heterocycles. The number of nitrogens with zero attached hydrogens (tertiary/aromatic N) is 1. The van der Waals surface area contributed by atoms with Gasteiger partial charge in [0.2, 0.25) is 0 Å². The van der Waals surface area contributed by atoms with E-state index in [4.69, 9.17) is 18.9 Å². The standard InChI is InChI=1S/C63H121NO8/c1-6-8-10-12-14-16-18-20-22-24-26-28-30-31-32-34-36-38-40-42-44-46-48-50-52-54-61(66)72-59(58-71-63(62(67)68)69-56-55-64(3,4)5)57-70-60(65)53-51-49-47-45-43-41-39-37-35-33-29-27-25-23-21-19-17-15-13-11-9-7-2/h24,26,59,63H,6-23,25,27-58H2,1-5H3/p+1/b26-24-. The number of hydrogen-bond acceptors (Lipinski definition) is 7. The van der Waals surface area contributed by atoms with E-state index in [9.17, 15) is 19.5 Å². The van der Waals surface area contributed by atoms with Crippen LogP contribution < -0.4 is 0 Å². The number of ether oxygens (including phenoxy) is 4. The molecule has 9 nitrogen and oxygen atoms in total. The minimum Gasteiger partial charge on any atom is -0.477 e. The second-order valence-corrected chi connectivity index (χ2v) is 22.7. The van der Waals surface area contributed by atoms with Crippen LogP contribution in [0.25, 0.3) is 0 Å². The van der Waals surface area contributed by atoms with Crippen molar-refractivity contribution in [2.24, 2.45) is 0 Å². The van der Waals surface area contributed by atoms with Crippen LogP contribution in [0.1, 0.15) is 316 Å². The van der Waals surface area contributed by atoms with Crippen molar-refractivity contribution in [2.75, 3.05) is 47.5 Å². The monoisotopic (exact) mass is 1020 g/mol. The molecule has 0 radical (unpaired) electrons. The lowest BCUT2D eigenvalue weighted by atomic mass is 10.0. The number of allylic oxidation sites excluding steroid dienone is 2. The fraction of sp³-hybridized carbons (Fsp3) is 0.921. The Morgan fingerprint density at radius 3 is 1.03 bits per heavy atom. The molecule has 0 heterocycles. The van der Waals surface area contributed by atoms with Gasteiger partial charge in [-0.05, 0) is 38.5 Å². The first-order valence-electron chi connectivity index (χ1n) is 31.4. The summed E-state index contributed by atoms with van der Waals surface area (Å²) in [7, 11) is 5.98.